The Kier molecular flexibility index (Phi) is 7.46. The van der Waals surface area contributed by atoms with Gasteiger partial charge >= 0.3 is 0 Å². The number of hydrogen-bond donors (Lipinski definition) is 0. The molecule has 0 atom stereocenters. The molecule has 36 heavy (non-hydrogen) atoms. The van der Waals surface area contributed by atoms with E-state index in [0.717, 1.165) is 54.6 Å². The smallest absolute Gasteiger partial charge is 0.204 e. The lowest BCUT2D eigenvalue weighted by Crippen LogP contribution is -2.46. The molecule has 1 aromatic heterocycles. The molecule has 0 spiro atoms. The third kappa shape index (κ3) is 5.36. The molecule has 4 aromatic rings. The summed E-state index contributed by atoms with van der Waals surface area (Å²) in [5.41, 5.74) is 6.08. The second-order valence-electron chi connectivity index (χ2n) is 10.0. The van der Waals surface area contributed by atoms with Gasteiger partial charge in [-0.1, -0.05) is 92.2 Å². The van der Waals surface area contributed by atoms with E-state index in [-0.39, 0.29) is 0 Å². The van der Waals surface area contributed by atoms with Crippen LogP contribution in [0.25, 0.3) is 17.1 Å². The van der Waals surface area contributed by atoms with Crippen LogP contribution >= 0.6 is 12.2 Å². The van der Waals surface area contributed by atoms with Gasteiger partial charge in [-0.2, -0.15) is 0 Å². The number of para-hydroxylation sites is 1. The van der Waals surface area contributed by atoms with Gasteiger partial charge in [-0.25, -0.2) is 4.68 Å². The van der Waals surface area contributed by atoms with E-state index in [1.807, 2.05) is 4.68 Å². The molecule has 0 aliphatic carbocycles. The van der Waals surface area contributed by atoms with Crippen LogP contribution in [-0.4, -0.2) is 50.3 Å². The van der Waals surface area contributed by atoms with Crippen molar-refractivity contribution < 1.29 is 0 Å². The summed E-state index contributed by atoms with van der Waals surface area (Å²) < 4.78 is 4.92. The highest BCUT2D eigenvalue weighted by Crippen LogP contribution is 2.29. The third-order valence-electron chi connectivity index (χ3n) is 7.00. The maximum absolute atomic E-state index is 6.07. The monoisotopic (exact) mass is 497 g/mol. The van der Waals surface area contributed by atoms with Gasteiger partial charge in [0.15, 0.2) is 5.82 Å². The van der Waals surface area contributed by atoms with Crippen LogP contribution in [0.2, 0.25) is 0 Å². The first-order valence-electron chi connectivity index (χ1n) is 12.8. The summed E-state index contributed by atoms with van der Waals surface area (Å²) >= 11 is 6.07. The topological polar surface area (TPSA) is 29.2 Å². The Morgan fingerprint density at radius 3 is 2.14 bits per heavy atom. The zero-order valence-corrected chi connectivity index (χ0v) is 22.3. The van der Waals surface area contributed by atoms with Gasteiger partial charge in [0.2, 0.25) is 4.77 Å². The maximum Gasteiger partial charge on any atom is 0.204 e. The van der Waals surface area contributed by atoms with E-state index in [9.17, 15) is 0 Å². The van der Waals surface area contributed by atoms with Crippen LogP contribution in [0.5, 0.6) is 0 Å². The van der Waals surface area contributed by atoms with Crippen molar-refractivity contribution in [1.29, 1.82) is 0 Å². The number of rotatable bonds is 7. The van der Waals surface area contributed by atoms with E-state index in [1.165, 1.54) is 16.7 Å². The first-order valence-corrected chi connectivity index (χ1v) is 13.3. The minimum Gasteiger partial charge on any atom is -0.297 e. The first kappa shape index (κ1) is 24.6. The maximum atomic E-state index is 6.07. The van der Waals surface area contributed by atoms with Crippen LogP contribution in [0.3, 0.4) is 0 Å². The average Bonchev–Trinajstić information content (AvgIpc) is 3.21. The van der Waals surface area contributed by atoms with Crippen molar-refractivity contribution in [2.45, 2.75) is 39.9 Å². The largest absolute Gasteiger partial charge is 0.297 e. The molecule has 1 saturated heterocycles. The molecule has 0 radical (unpaired) electrons. The zero-order valence-electron chi connectivity index (χ0n) is 21.5. The number of benzene rings is 3. The van der Waals surface area contributed by atoms with Crippen LogP contribution in [0.15, 0.2) is 78.9 Å². The lowest BCUT2D eigenvalue weighted by Gasteiger charge is -2.34. The van der Waals surface area contributed by atoms with Gasteiger partial charge in [-0.05, 0) is 42.3 Å². The molecule has 1 aliphatic heterocycles. The quantitative estimate of drug-likeness (QED) is 0.281. The Labute approximate surface area is 219 Å². The molecular weight excluding hydrogens is 462 g/mol. The highest BCUT2D eigenvalue weighted by molar-refractivity contribution is 7.71. The minimum absolute atomic E-state index is 0.384. The summed E-state index contributed by atoms with van der Waals surface area (Å²) in [6.07, 6.45) is 0. The number of nitrogens with zero attached hydrogens (tertiary/aromatic N) is 5. The fourth-order valence-corrected chi connectivity index (χ4v) is 5.19. The minimum atomic E-state index is 0.384. The second-order valence-corrected chi connectivity index (χ2v) is 10.4. The van der Waals surface area contributed by atoms with Crippen molar-refractivity contribution in [3.8, 4) is 17.1 Å². The summed E-state index contributed by atoms with van der Waals surface area (Å²) in [4.78, 5) is 4.99. The fourth-order valence-electron chi connectivity index (χ4n) is 4.91. The average molecular weight is 498 g/mol. The lowest BCUT2D eigenvalue weighted by molar-refractivity contribution is 0.0981. The lowest BCUT2D eigenvalue weighted by atomic mass is 10.0. The number of aromatic nitrogens is 3. The molecule has 0 bridgehead atoms. The Bertz CT molecular complexity index is 1350. The predicted octanol–water partition coefficient (Wildman–Crippen LogP) is 6.28. The van der Waals surface area contributed by atoms with Gasteiger partial charge < -0.3 is 0 Å². The molecule has 186 valence electrons. The first-order chi connectivity index (χ1) is 17.5. The van der Waals surface area contributed by atoms with Crippen molar-refractivity contribution in [2.24, 2.45) is 0 Å². The van der Waals surface area contributed by atoms with Crippen molar-refractivity contribution in [2.75, 3.05) is 26.2 Å². The SMILES string of the molecule is Cc1ccc(-c2nn(CN3CCN(Cc4ccccc4)CC3)c(=S)n2-c2ccccc2C(C)C)cc1. The van der Waals surface area contributed by atoms with Gasteiger partial charge in [0.05, 0.1) is 12.4 Å². The van der Waals surface area contributed by atoms with Gasteiger partial charge in [0, 0.05) is 38.3 Å². The van der Waals surface area contributed by atoms with Crippen LogP contribution in [0, 0.1) is 11.7 Å². The van der Waals surface area contributed by atoms with Crippen molar-refractivity contribution in [3.05, 3.63) is 100 Å². The summed E-state index contributed by atoms with van der Waals surface area (Å²) in [6.45, 7) is 12.4. The highest BCUT2D eigenvalue weighted by Gasteiger charge is 2.21. The Morgan fingerprint density at radius 2 is 1.44 bits per heavy atom. The predicted molar refractivity (Wildman–Crippen MR) is 150 cm³/mol. The van der Waals surface area contributed by atoms with Crippen molar-refractivity contribution in [3.63, 3.8) is 0 Å². The summed E-state index contributed by atoms with van der Waals surface area (Å²) in [6, 6.07) is 27.9. The molecule has 5 rings (SSSR count). The van der Waals surface area contributed by atoms with Gasteiger partial charge in [0.1, 0.15) is 0 Å². The summed E-state index contributed by atoms with van der Waals surface area (Å²) in [5, 5.41) is 5.09. The molecule has 0 amide bonds. The standard InChI is InChI=1S/C30H35N5S/c1-23(2)27-11-7-8-12-28(27)35-29(26-15-13-24(3)14-16-26)31-34(30(35)36)22-33-19-17-32(18-20-33)21-25-9-5-4-6-10-25/h4-16,23H,17-22H2,1-3H3. The molecule has 2 heterocycles. The van der Waals surface area contributed by atoms with Crippen LogP contribution in [-0.2, 0) is 13.2 Å². The third-order valence-corrected chi connectivity index (χ3v) is 7.39. The van der Waals surface area contributed by atoms with E-state index < -0.39 is 0 Å². The fraction of sp³-hybridized carbons (Fsp3) is 0.333. The highest BCUT2D eigenvalue weighted by atomic mass is 32.1. The molecule has 5 nitrogen and oxygen atoms in total. The van der Waals surface area contributed by atoms with E-state index >= 15 is 0 Å². The van der Waals surface area contributed by atoms with Gasteiger partial charge in [0.25, 0.3) is 0 Å². The molecule has 0 unspecified atom stereocenters. The molecule has 3 aromatic carbocycles. The van der Waals surface area contributed by atoms with E-state index in [1.54, 1.807) is 0 Å². The molecule has 0 saturated carbocycles. The van der Waals surface area contributed by atoms with Crippen molar-refractivity contribution >= 4 is 12.2 Å². The summed E-state index contributed by atoms with van der Waals surface area (Å²) in [5.74, 6) is 1.28. The molecule has 1 aliphatic rings. The Hall–Kier alpha value is -3.06. The van der Waals surface area contributed by atoms with E-state index in [0.29, 0.717) is 12.6 Å². The Morgan fingerprint density at radius 1 is 0.806 bits per heavy atom. The van der Waals surface area contributed by atoms with Gasteiger partial charge in [-0.15, -0.1) is 5.10 Å². The number of piperazine rings is 1. The van der Waals surface area contributed by atoms with Crippen LogP contribution < -0.4 is 0 Å². The zero-order chi connectivity index (χ0) is 25.1. The number of aryl methyl sites for hydroxylation is 1. The molecular formula is C30H35N5S. The second kappa shape index (κ2) is 10.9. The van der Waals surface area contributed by atoms with Crippen LogP contribution in [0.4, 0.5) is 0 Å². The van der Waals surface area contributed by atoms with E-state index in [4.69, 9.17) is 17.3 Å². The Balaban J connectivity index is 1.42. The van der Waals surface area contributed by atoms with Crippen molar-refractivity contribution in [1.82, 2.24) is 24.1 Å². The van der Waals surface area contributed by atoms with Gasteiger partial charge in [-0.3, -0.25) is 14.4 Å². The number of hydrogen-bond acceptors (Lipinski definition) is 4. The summed E-state index contributed by atoms with van der Waals surface area (Å²) in [7, 11) is 0. The normalized spacial score (nSPS) is 15.0. The molecule has 1 fully saturated rings. The molecule has 0 N–H and O–H groups in total. The van der Waals surface area contributed by atoms with E-state index in [2.05, 4.69) is 114 Å². The molecule has 6 heteroatoms. The van der Waals surface area contributed by atoms with Crippen LogP contribution in [0.1, 0.15) is 36.5 Å².